The summed E-state index contributed by atoms with van der Waals surface area (Å²) in [5, 5.41) is 40.3. The van der Waals surface area contributed by atoms with E-state index in [1.165, 1.54) is 40.7 Å². The smallest absolute Gasteiger partial charge is 0.347 e. The van der Waals surface area contributed by atoms with E-state index >= 15 is 0 Å². The Morgan fingerprint density at radius 1 is 0.479 bits per heavy atom. The van der Waals surface area contributed by atoms with E-state index in [2.05, 4.69) is 286 Å². The van der Waals surface area contributed by atoms with Crippen LogP contribution in [-0.4, -0.2) is 109 Å². The number of fused-ring (bicyclic) bond motifs is 2. The van der Waals surface area contributed by atoms with Gasteiger partial charge in [0.25, 0.3) is 0 Å². The normalized spacial score (nSPS) is 11.0. The quantitative estimate of drug-likeness (QED) is 0.115. The maximum atomic E-state index is 11.1. The number of hydrogen-bond donors (Lipinski definition) is 3. The molecule has 0 radical (unpaired) electrons. The minimum atomic E-state index is -0.192. The van der Waals surface area contributed by atoms with E-state index in [1.807, 2.05) is 152 Å². The molecule has 0 aliphatic heterocycles. The lowest BCUT2D eigenvalue weighted by Crippen LogP contribution is -2.25. The SMILES string of the molecule is CC(C)c1ccn(C)n1.CC(C)c1nccs1.CC(C)c1ncnc2[nH]ccc12.CC(C)c1ncnc2[nH]ncc12.Cc1cc(C(C)(C)C)n(C)n1.Cc1cc(C(C)C)n(C)n1.Cc1cc(C(C)C)n[nH]1.Cc1cc(C(C)C)no1.Cc1cc(C(C)C)sn1.Cc1cnc(C(C)C)s1.Cc1csc(C(C)C)n1.Cn1ccc(C(C)(C)C)nc1=O. The number of hydrogen-bond acceptors (Lipinski definition) is 21. The highest BCUT2D eigenvalue weighted by molar-refractivity contribution is 7.11. The molecule has 24 nitrogen and oxygen atoms in total. The standard InChI is InChI=1S/C9H11N3.C9H14N2O.C9H16N2.C8H10N4.C8H14N2.2C7H12N2.C7H11NO.3C7H11NS.C6H9NS/c1-6(2)8-7-3-4-10-9(7)12-5-11-8;1-9(2,3)7-5-6-11(4)8(12)10-7;1-7-6-8(9(2,3)4)11(5)10-7;1-5(2)7-6-3-11-12-8(6)10-4-9-7;1-6(2)8-5-7(3)9-10(8)4;1-6(2)7-4-5-9(3)8-7;1-5(2)7-4-6(3)8-9-7;1-5(2)7-4-6(3)9-8-7;1-5(2)7-8-6(3)4-9-7;1-5(2)7-8-4-6(3)9-7;1-5(2)7-4-6(3)8-9-7;1-5(2)6-7-3-4-8-6/h3-6H,1-2H3,(H,10,11,12);5-6H,1-4H3;6H,1-5H3;3-5H,1-2H3,(H,9,10,11,12);5-6H,1-4H3;4-6H,1-3H3;4-5H,1-3H3,(H,8,9);4*4-5H,1-3H3;3-5H,1-2H3. The van der Waals surface area contributed by atoms with E-state index in [9.17, 15) is 4.79 Å². The second-order valence-electron chi connectivity index (χ2n) is 34.4. The molecule has 0 bridgehead atoms. The van der Waals surface area contributed by atoms with Crippen molar-refractivity contribution in [2.24, 2.45) is 28.2 Å². The third kappa shape index (κ3) is 37.8. The van der Waals surface area contributed by atoms with Gasteiger partial charge in [0, 0.05) is 143 Å². The summed E-state index contributed by atoms with van der Waals surface area (Å²) in [7, 11) is 7.61. The van der Waals surface area contributed by atoms with Crippen LogP contribution in [0, 0.1) is 48.5 Å². The van der Waals surface area contributed by atoms with E-state index in [1.54, 1.807) is 77.6 Å². The average molecular weight is 1700 g/mol. The fourth-order valence-corrected chi connectivity index (χ4v) is 13.5. The van der Waals surface area contributed by atoms with Crippen LogP contribution in [0.4, 0.5) is 0 Å². The molecule has 0 aliphatic rings. The second kappa shape index (κ2) is 50.6. The molecule has 0 spiro atoms. The zero-order valence-electron chi connectivity index (χ0n) is 78.6. The molecular weight excluding hydrogens is 1560 g/mol. The van der Waals surface area contributed by atoms with Gasteiger partial charge in [0.05, 0.1) is 77.9 Å². The molecule has 119 heavy (non-hydrogen) atoms. The number of aromatic amines is 3. The first-order valence-electron chi connectivity index (χ1n) is 41.1. The molecule has 0 fully saturated rings. The van der Waals surface area contributed by atoms with Crippen LogP contribution in [0.1, 0.15) is 344 Å². The van der Waals surface area contributed by atoms with E-state index < -0.39 is 0 Å². The van der Waals surface area contributed by atoms with Crippen LogP contribution in [0.15, 0.2) is 118 Å². The molecule has 3 N–H and O–H groups in total. The maximum Gasteiger partial charge on any atom is 0.347 e. The van der Waals surface area contributed by atoms with Gasteiger partial charge in [0.15, 0.2) is 5.65 Å². The van der Waals surface area contributed by atoms with Gasteiger partial charge in [-0.05, 0) is 144 Å². The largest absolute Gasteiger partial charge is 0.361 e. The summed E-state index contributed by atoms with van der Waals surface area (Å²) in [6.45, 7) is 69.7. The molecule has 0 aromatic carbocycles. The first-order valence-corrected chi connectivity index (χ1v) is 44.4. The van der Waals surface area contributed by atoms with E-state index in [4.69, 9.17) is 4.52 Å². The highest BCUT2D eigenvalue weighted by Crippen LogP contribution is 2.26. The molecule has 14 rings (SSSR count). The third-order valence-electron chi connectivity index (χ3n) is 17.2. The molecule has 14 aromatic heterocycles. The van der Waals surface area contributed by atoms with Crippen LogP contribution in [0.2, 0.25) is 0 Å². The van der Waals surface area contributed by atoms with Gasteiger partial charge in [-0.1, -0.05) is 185 Å². The summed E-state index contributed by atoms with van der Waals surface area (Å²) in [5.41, 5.74) is 16.3. The van der Waals surface area contributed by atoms with Crippen LogP contribution < -0.4 is 5.69 Å². The monoisotopic (exact) mass is 1700 g/mol. The Kier molecular flexibility index (Phi) is 44.2. The van der Waals surface area contributed by atoms with Gasteiger partial charge in [-0.15, -0.1) is 34.0 Å². The van der Waals surface area contributed by atoms with E-state index in [0.717, 1.165) is 90.5 Å². The fourth-order valence-electron chi connectivity index (χ4n) is 10.5. The molecule has 14 heterocycles. The zero-order chi connectivity index (χ0) is 89.9. The van der Waals surface area contributed by atoms with Crippen molar-refractivity contribution < 1.29 is 4.52 Å². The molecule has 652 valence electrons. The van der Waals surface area contributed by atoms with Gasteiger partial charge < -0.3 is 14.1 Å². The van der Waals surface area contributed by atoms with Gasteiger partial charge in [0.1, 0.15) is 24.1 Å². The fraction of sp³-hybridized carbons (Fsp3) is 0.538. The predicted octanol–water partition coefficient (Wildman–Crippen LogP) is 24.0. The van der Waals surface area contributed by atoms with Gasteiger partial charge in [-0.2, -0.15) is 34.9 Å². The van der Waals surface area contributed by atoms with Crippen LogP contribution in [0.5, 0.6) is 0 Å². The maximum absolute atomic E-state index is 11.1. The number of nitrogens with zero attached hydrogens (tertiary/aromatic N) is 19. The molecule has 0 aliphatic carbocycles. The lowest BCUT2D eigenvalue weighted by atomic mass is 9.92. The Balaban J connectivity index is 0.000000336. The van der Waals surface area contributed by atoms with Crippen molar-refractivity contribution in [1.82, 2.24) is 109 Å². The van der Waals surface area contributed by atoms with E-state index in [-0.39, 0.29) is 16.5 Å². The van der Waals surface area contributed by atoms with Crippen LogP contribution in [-0.2, 0) is 39.0 Å². The summed E-state index contributed by atoms with van der Waals surface area (Å²) in [4.78, 5) is 50.2. The van der Waals surface area contributed by atoms with Crippen LogP contribution >= 0.6 is 45.5 Å². The number of aryl methyl sites for hydroxylation is 11. The predicted molar refractivity (Wildman–Crippen MR) is 500 cm³/mol. The van der Waals surface area contributed by atoms with Crippen LogP contribution in [0.3, 0.4) is 0 Å². The van der Waals surface area contributed by atoms with Gasteiger partial charge in [-0.25, -0.2) is 39.7 Å². The molecule has 0 amide bonds. The highest BCUT2D eigenvalue weighted by Gasteiger charge is 2.19. The summed E-state index contributed by atoms with van der Waals surface area (Å²) in [6.07, 6.45) is 14.3. The average Bonchev–Trinajstić information content (AvgIpc) is 1.44. The molecule has 14 aromatic rings. The number of rotatable bonds is 10. The lowest BCUT2D eigenvalue weighted by Gasteiger charge is -2.17. The number of thiazole rings is 3. The van der Waals surface area contributed by atoms with Crippen molar-refractivity contribution in [3.05, 3.63) is 224 Å². The Bertz CT molecular complexity index is 4720. The van der Waals surface area contributed by atoms with Crippen molar-refractivity contribution >= 4 is 67.6 Å². The van der Waals surface area contributed by atoms with Crippen molar-refractivity contribution in [1.29, 1.82) is 0 Å². The molecule has 0 saturated heterocycles. The van der Waals surface area contributed by atoms with Gasteiger partial charge in [0.2, 0.25) is 0 Å². The summed E-state index contributed by atoms with van der Waals surface area (Å²) >= 11 is 6.86. The summed E-state index contributed by atoms with van der Waals surface area (Å²) in [6, 6.07) is 16.4. The number of nitrogens with one attached hydrogen (secondary N) is 3. The topological polar surface area (TPSA) is 291 Å². The summed E-state index contributed by atoms with van der Waals surface area (Å²) < 4.78 is 16.2. The molecule has 0 atom stereocenters. The Morgan fingerprint density at radius 2 is 1.07 bits per heavy atom. The van der Waals surface area contributed by atoms with Crippen LogP contribution in [0.25, 0.3) is 22.1 Å². The van der Waals surface area contributed by atoms with Gasteiger partial charge in [-0.3, -0.25) is 24.2 Å². The van der Waals surface area contributed by atoms with Crippen molar-refractivity contribution in [3.63, 3.8) is 0 Å². The lowest BCUT2D eigenvalue weighted by molar-refractivity contribution is 0.388. The Hall–Kier alpha value is -9.38. The van der Waals surface area contributed by atoms with E-state index in [0.29, 0.717) is 59.2 Å². The van der Waals surface area contributed by atoms with Gasteiger partial charge >= 0.3 is 5.69 Å². The molecule has 0 saturated carbocycles. The summed E-state index contributed by atoms with van der Waals surface area (Å²) in [5.74, 6) is 6.28. The van der Waals surface area contributed by atoms with Crippen molar-refractivity contribution in [3.8, 4) is 0 Å². The zero-order valence-corrected chi connectivity index (χ0v) is 81.9. The first-order chi connectivity index (χ1) is 55.5. The first kappa shape index (κ1) is 104. The minimum Gasteiger partial charge on any atom is -0.361 e. The molecular formula is C91H142N22O2S4. The number of aromatic nitrogens is 22. The van der Waals surface area contributed by atoms with Crippen molar-refractivity contribution in [2.75, 3.05) is 0 Å². The Morgan fingerprint density at radius 3 is 1.39 bits per heavy atom. The van der Waals surface area contributed by atoms with Crippen molar-refractivity contribution in [2.45, 2.75) is 298 Å². The molecule has 28 heteroatoms. The Labute approximate surface area is 726 Å². The number of H-pyrrole nitrogens is 3. The highest BCUT2D eigenvalue weighted by atomic mass is 32.1. The second-order valence-corrected chi connectivity index (χ2v) is 38.3. The third-order valence-corrected chi connectivity index (χ3v) is 21.9. The molecule has 0 unspecified atom stereocenters. The minimum absolute atomic E-state index is 0.0482.